The number of benzene rings is 1. The highest BCUT2D eigenvalue weighted by atomic mass is 79.9. The zero-order chi connectivity index (χ0) is 14.9. The van der Waals surface area contributed by atoms with Crippen LogP contribution in [0.25, 0.3) is 0 Å². The Balaban J connectivity index is 2.46. The zero-order valence-electron chi connectivity index (χ0n) is 11.6. The van der Waals surface area contributed by atoms with Crippen LogP contribution in [-0.4, -0.2) is 28.4 Å². The normalized spacial score (nSPS) is 22.9. The number of rotatable bonds is 3. The Bertz CT molecular complexity index is 542. The molecule has 1 saturated heterocycles. The average molecular weight is 340 g/mol. The van der Waals surface area contributed by atoms with Crippen molar-refractivity contribution in [2.45, 2.75) is 32.7 Å². The fourth-order valence-corrected chi connectivity index (χ4v) is 3.10. The second kappa shape index (κ2) is 5.95. The molecule has 1 amide bonds. The quantitative estimate of drug-likeness (QED) is 0.920. The van der Waals surface area contributed by atoms with Crippen LogP contribution in [0, 0.1) is 12.8 Å². The van der Waals surface area contributed by atoms with Crippen LogP contribution in [0.2, 0.25) is 0 Å². The van der Waals surface area contributed by atoms with Gasteiger partial charge in [0, 0.05) is 17.4 Å². The molecule has 1 N–H and O–H groups in total. The van der Waals surface area contributed by atoms with Gasteiger partial charge in [-0.1, -0.05) is 28.1 Å². The van der Waals surface area contributed by atoms with Gasteiger partial charge >= 0.3 is 5.97 Å². The van der Waals surface area contributed by atoms with Gasteiger partial charge < -0.3 is 10.0 Å². The second-order valence-electron chi connectivity index (χ2n) is 5.12. The Kier molecular flexibility index (Phi) is 4.48. The molecule has 0 radical (unpaired) electrons. The summed E-state index contributed by atoms with van der Waals surface area (Å²) in [5, 5.41) is 9.45. The lowest BCUT2D eigenvalue weighted by atomic mass is 9.84. The van der Waals surface area contributed by atoms with Gasteiger partial charge in [-0.2, -0.15) is 0 Å². The monoisotopic (exact) mass is 339 g/mol. The van der Waals surface area contributed by atoms with Gasteiger partial charge in [-0.25, -0.2) is 0 Å². The summed E-state index contributed by atoms with van der Waals surface area (Å²) in [6.07, 6.45) is 0.723. The third-order valence-electron chi connectivity index (χ3n) is 3.89. The number of halogens is 1. The first-order valence-electron chi connectivity index (χ1n) is 6.74. The number of aryl methyl sites for hydroxylation is 1. The number of piperidine rings is 1. The summed E-state index contributed by atoms with van der Waals surface area (Å²) >= 11 is 3.44. The lowest BCUT2D eigenvalue weighted by Crippen LogP contribution is -2.45. The Labute approximate surface area is 126 Å². The van der Waals surface area contributed by atoms with Crippen molar-refractivity contribution in [3.05, 3.63) is 33.8 Å². The minimum Gasteiger partial charge on any atom is -0.481 e. The van der Waals surface area contributed by atoms with E-state index in [1.54, 1.807) is 4.90 Å². The molecule has 0 aromatic heterocycles. The van der Waals surface area contributed by atoms with Crippen LogP contribution in [-0.2, 0) is 9.59 Å². The van der Waals surface area contributed by atoms with Gasteiger partial charge in [0.1, 0.15) is 0 Å². The van der Waals surface area contributed by atoms with Crippen molar-refractivity contribution in [2.75, 3.05) is 6.54 Å². The number of likely N-dealkylation sites (tertiary alicyclic amines) is 1. The summed E-state index contributed by atoms with van der Waals surface area (Å²) in [6, 6.07) is 5.41. The number of carbonyl (C=O) groups excluding carboxylic acids is 1. The molecule has 1 aliphatic heterocycles. The van der Waals surface area contributed by atoms with Crippen molar-refractivity contribution in [3.63, 3.8) is 0 Å². The highest BCUT2D eigenvalue weighted by molar-refractivity contribution is 9.10. The van der Waals surface area contributed by atoms with Crippen molar-refractivity contribution >= 4 is 27.8 Å². The number of hydrogen-bond donors (Lipinski definition) is 1. The molecule has 4 nitrogen and oxygen atoms in total. The zero-order valence-corrected chi connectivity index (χ0v) is 13.2. The largest absolute Gasteiger partial charge is 0.481 e. The molecule has 0 saturated carbocycles. The van der Waals surface area contributed by atoms with Crippen LogP contribution < -0.4 is 0 Å². The maximum absolute atomic E-state index is 12.1. The van der Waals surface area contributed by atoms with Crippen LogP contribution in [0.15, 0.2) is 22.7 Å². The van der Waals surface area contributed by atoms with E-state index in [-0.39, 0.29) is 11.9 Å². The van der Waals surface area contributed by atoms with Crippen LogP contribution in [0.3, 0.4) is 0 Å². The Morgan fingerprint density at radius 2 is 2.20 bits per heavy atom. The third-order valence-corrected chi connectivity index (χ3v) is 4.78. The molecule has 0 spiro atoms. The second-order valence-corrected chi connectivity index (χ2v) is 5.97. The molecule has 2 atom stereocenters. The predicted octanol–water partition coefficient (Wildman–Crippen LogP) is 3.14. The molecule has 0 bridgehead atoms. The summed E-state index contributed by atoms with van der Waals surface area (Å²) in [5.74, 6) is -1.33. The number of nitrogens with zero attached hydrogens (tertiary/aromatic N) is 1. The van der Waals surface area contributed by atoms with E-state index in [9.17, 15) is 14.7 Å². The molecule has 2 rings (SSSR count). The fourth-order valence-electron chi connectivity index (χ4n) is 2.85. The Hall–Kier alpha value is -1.36. The third kappa shape index (κ3) is 2.73. The van der Waals surface area contributed by atoms with Gasteiger partial charge in [0.2, 0.25) is 5.91 Å². The number of amides is 1. The van der Waals surface area contributed by atoms with Crippen LogP contribution in [0.4, 0.5) is 0 Å². The molecule has 1 fully saturated rings. The lowest BCUT2D eigenvalue weighted by Gasteiger charge is -2.39. The number of carboxylic acid groups (broad SMARTS) is 1. The van der Waals surface area contributed by atoms with E-state index in [4.69, 9.17) is 0 Å². The highest BCUT2D eigenvalue weighted by Crippen LogP contribution is 2.37. The Morgan fingerprint density at radius 3 is 2.75 bits per heavy atom. The van der Waals surface area contributed by atoms with Gasteiger partial charge in [-0.3, -0.25) is 9.59 Å². The molecule has 1 aliphatic rings. The molecule has 108 valence electrons. The minimum absolute atomic E-state index is 0.0376. The van der Waals surface area contributed by atoms with E-state index >= 15 is 0 Å². The topological polar surface area (TPSA) is 57.6 Å². The summed E-state index contributed by atoms with van der Waals surface area (Å²) in [6.45, 7) is 4.38. The molecule has 20 heavy (non-hydrogen) atoms. The van der Waals surface area contributed by atoms with E-state index in [2.05, 4.69) is 15.9 Å². The van der Waals surface area contributed by atoms with Gasteiger partial charge in [-0.05, 0) is 37.5 Å². The number of carboxylic acids is 1. The molecule has 1 aromatic carbocycles. The highest BCUT2D eigenvalue weighted by Gasteiger charge is 2.39. The first-order chi connectivity index (χ1) is 9.45. The van der Waals surface area contributed by atoms with Gasteiger partial charge in [0.15, 0.2) is 0 Å². The smallest absolute Gasteiger partial charge is 0.308 e. The maximum Gasteiger partial charge on any atom is 0.308 e. The molecular formula is C15H18BrNO3. The van der Waals surface area contributed by atoms with Crippen LogP contribution in [0.1, 0.15) is 36.9 Å². The predicted molar refractivity (Wildman–Crippen MR) is 79.4 cm³/mol. The summed E-state index contributed by atoms with van der Waals surface area (Å²) < 4.78 is 0.985. The van der Waals surface area contributed by atoms with E-state index in [0.29, 0.717) is 19.4 Å². The molecular weight excluding hydrogens is 322 g/mol. The molecule has 1 heterocycles. The van der Waals surface area contributed by atoms with Crippen molar-refractivity contribution in [1.82, 2.24) is 4.90 Å². The van der Waals surface area contributed by atoms with Crippen molar-refractivity contribution in [1.29, 1.82) is 0 Å². The SMILES string of the molecule is CCN1C(=O)CCC(C(=O)O)C1c1ccc(Br)c(C)c1. The van der Waals surface area contributed by atoms with E-state index in [1.165, 1.54) is 0 Å². The summed E-state index contributed by atoms with van der Waals surface area (Å²) in [7, 11) is 0. The van der Waals surface area contributed by atoms with Crippen molar-refractivity contribution < 1.29 is 14.7 Å². The molecule has 1 aromatic rings. The van der Waals surface area contributed by atoms with E-state index in [1.807, 2.05) is 32.0 Å². The summed E-state index contributed by atoms with van der Waals surface area (Å²) in [5.41, 5.74) is 1.94. The molecule has 5 heteroatoms. The summed E-state index contributed by atoms with van der Waals surface area (Å²) in [4.78, 5) is 25.2. The van der Waals surface area contributed by atoms with Crippen molar-refractivity contribution in [3.8, 4) is 0 Å². The van der Waals surface area contributed by atoms with Crippen molar-refractivity contribution in [2.24, 2.45) is 5.92 Å². The molecule has 0 aliphatic carbocycles. The van der Waals surface area contributed by atoms with Gasteiger partial charge in [0.05, 0.1) is 12.0 Å². The van der Waals surface area contributed by atoms with E-state index in [0.717, 1.165) is 15.6 Å². The van der Waals surface area contributed by atoms with Gasteiger partial charge in [0.25, 0.3) is 0 Å². The van der Waals surface area contributed by atoms with Crippen LogP contribution in [0.5, 0.6) is 0 Å². The first-order valence-corrected chi connectivity index (χ1v) is 7.53. The van der Waals surface area contributed by atoms with Crippen LogP contribution >= 0.6 is 15.9 Å². The number of carbonyl (C=O) groups is 2. The first kappa shape index (κ1) is 15.0. The standard InChI is InChI=1S/C15H18BrNO3/c1-3-17-13(18)7-5-11(15(19)20)14(17)10-4-6-12(16)9(2)8-10/h4,6,8,11,14H,3,5,7H2,1-2H3,(H,19,20). The molecule has 2 unspecified atom stereocenters. The Morgan fingerprint density at radius 1 is 1.50 bits per heavy atom. The fraction of sp³-hybridized carbons (Fsp3) is 0.467. The van der Waals surface area contributed by atoms with Gasteiger partial charge in [-0.15, -0.1) is 0 Å². The number of aliphatic carboxylic acids is 1. The average Bonchev–Trinajstić information content (AvgIpc) is 2.41. The minimum atomic E-state index is -0.832. The maximum atomic E-state index is 12.1. The lowest BCUT2D eigenvalue weighted by molar-refractivity contribution is -0.151. The van der Waals surface area contributed by atoms with E-state index < -0.39 is 11.9 Å². The number of hydrogen-bond acceptors (Lipinski definition) is 2.